The van der Waals surface area contributed by atoms with Gasteiger partial charge in [-0.05, 0) is 32.4 Å². The second-order valence-corrected chi connectivity index (χ2v) is 7.61. The van der Waals surface area contributed by atoms with E-state index in [0.29, 0.717) is 24.2 Å². The second kappa shape index (κ2) is 5.22. The Bertz CT molecular complexity index is 857. The summed E-state index contributed by atoms with van der Waals surface area (Å²) in [6.07, 6.45) is -0.319. The molecule has 1 aliphatic heterocycles. The number of oxazole rings is 1. The topological polar surface area (TPSA) is 92.6 Å². The van der Waals surface area contributed by atoms with Crippen molar-refractivity contribution in [2.75, 3.05) is 13.1 Å². The minimum Gasteiger partial charge on any atom is -0.408 e. The average Bonchev–Trinajstić information content (AvgIpc) is 2.75. The van der Waals surface area contributed by atoms with Crippen LogP contribution >= 0.6 is 0 Å². The van der Waals surface area contributed by atoms with Gasteiger partial charge in [-0.15, -0.1) is 0 Å². The molecule has 1 fully saturated rings. The van der Waals surface area contributed by atoms with Gasteiger partial charge in [-0.2, -0.15) is 4.31 Å². The molecule has 2 aromatic rings. The first kappa shape index (κ1) is 15.3. The molecule has 2 unspecified atom stereocenters. The van der Waals surface area contributed by atoms with Crippen molar-refractivity contribution in [3.63, 3.8) is 0 Å². The molecule has 0 radical (unpaired) electrons. The van der Waals surface area contributed by atoms with Crippen LogP contribution in [0.3, 0.4) is 0 Å². The van der Waals surface area contributed by atoms with Gasteiger partial charge in [-0.25, -0.2) is 13.2 Å². The number of hydrogen-bond acceptors (Lipinski definition) is 5. The molecule has 1 saturated heterocycles. The zero-order valence-electron chi connectivity index (χ0n) is 12.6. The van der Waals surface area contributed by atoms with Crippen LogP contribution in [0, 0.1) is 6.92 Å². The SMILES string of the molecule is Cc1cc2[nH]c(=O)oc2cc1S(=O)(=O)N1CC(C)OC(C)C1. The van der Waals surface area contributed by atoms with Crippen LogP contribution in [0.15, 0.2) is 26.2 Å². The molecule has 1 aromatic heterocycles. The van der Waals surface area contributed by atoms with Crippen LogP contribution in [0.5, 0.6) is 0 Å². The minimum absolute atomic E-state index is 0.157. The lowest BCUT2D eigenvalue weighted by atomic mass is 10.2. The zero-order valence-corrected chi connectivity index (χ0v) is 13.4. The lowest BCUT2D eigenvalue weighted by Gasteiger charge is -2.34. The fraction of sp³-hybridized carbons (Fsp3) is 0.500. The van der Waals surface area contributed by atoms with Gasteiger partial charge in [0.25, 0.3) is 0 Å². The molecule has 120 valence electrons. The first-order chi connectivity index (χ1) is 10.3. The summed E-state index contributed by atoms with van der Waals surface area (Å²) in [5.74, 6) is -0.599. The molecule has 0 amide bonds. The molecule has 1 aliphatic rings. The summed E-state index contributed by atoms with van der Waals surface area (Å²) in [6, 6.07) is 3.02. The summed E-state index contributed by atoms with van der Waals surface area (Å²) >= 11 is 0. The zero-order chi connectivity index (χ0) is 16.1. The van der Waals surface area contributed by atoms with E-state index in [-0.39, 0.29) is 22.7 Å². The lowest BCUT2D eigenvalue weighted by molar-refractivity contribution is -0.0440. The number of fused-ring (bicyclic) bond motifs is 1. The van der Waals surface area contributed by atoms with Gasteiger partial charge in [0, 0.05) is 19.2 Å². The maximum Gasteiger partial charge on any atom is 0.417 e. The predicted molar refractivity (Wildman–Crippen MR) is 80.3 cm³/mol. The van der Waals surface area contributed by atoms with Crippen molar-refractivity contribution in [2.45, 2.75) is 37.9 Å². The second-order valence-electron chi connectivity index (χ2n) is 5.71. The van der Waals surface area contributed by atoms with E-state index in [1.165, 1.54) is 10.4 Å². The van der Waals surface area contributed by atoms with Crippen molar-refractivity contribution in [3.05, 3.63) is 28.2 Å². The van der Waals surface area contributed by atoms with E-state index in [2.05, 4.69) is 4.98 Å². The lowest BCUT2D eigenvalue weighted by Crippen LogP contribution is -2.48. The number of ether oxygens (including phenoxy) is 1. The first-order valence-electron chi connectivity index (χ1n) is 7.06. The van der Waals surface area contributed by atoms with Gasteiger partial charge in [0.05, 0.1) is 22.6 Å². The highest BCUT2D eigenvalue weighted by Gasteiger charge is 2.33. The van der Waals surface area contributed by atoms with Crippen LogP contribution in [0.2, 0.25) is 0 Å². The van der Waals surface area contributed by atoms with E-state index in [1.807, 2.05) is 13.8 Å². The molecular weight excluding hydrogens is 308 g/mol. The van der Waals surface area contributed by atoms with Crippen LogP contribution in [-0.2, 0) is 14.8 Å². The molecule has 1 aromatic carbocycles. The van der Waals surface area contributed by atoms with Gasteiger partial charge in [0.1, 0.15) is 0 Å². The summed E-state index contributed by atoms with van der Waals surface area (Å²) < 4.78 is 37.8. The number of hydrogen-bond donors (Lipinski definition) is 1. The minimum atomic E-state index is -3.66. The maximum absolute atomic E-state index is 12.9. The average molecular weight is 326 g/mol. The van der Waals surface area contributed by atoms with Crippen LogP contribution in [-0.4, -0.2) is 43.0 Å². The third-order valence-corrected chi connectivity index (χ3v) is 5.69. The van der Waals surface area contributed by atoms with Gasteiger partial charge in [0.15, 0.2) is 5.58 Å². The third-order valence-electron chi connectivity index (χ3n) is 3.72. The Labute approximate surface area is 127 Å². The molecule has 22 heavy (non-hydrogen) atoms. The summed E-state index contributed by atoms with van der Waals surface area (Å²) in [4.78, 5) is 13.9. The summed E-state index contributed by atoms with van der Waals surface area (Å²) in [7, 11) is -3.66. The molecule has 0 saturated carbocycles. The van der Waals surface area contributed by atoms with Crippen molar-refractivity contribution >= 4 is 21.1 Å². The summed E-state index contributed by atoms with van der Waals surface area (Å²) in [6.45, 7) is 6.01. The standard InChI is InChI=1S/C14H18N2O5S/c1-8-4-11-12(21-14(17)15-11)5-13(8)22(18,19)16-6-9(2)20-10(3)7-16/h4-5,9-10H,6-7H2,1-3H3,(H,15,17). The molecule has 2 atom stereocenters. The largest absolute Gasteiger partial charge is 0.417 e. The molecule has 0 bridgehead atoms. The van der Waals surface area contributed by atoms with E-state index in [9.17, 15) is 13.2 Å². The number of aromatic nitrogens is 1. The predicted octanol–water partition coefficient (Wildman–Crippen LogP) is 1.23. The number of aromatic amines is 1. The highest BCUT2D eigenvalue weighted by atomic mass is 32.2. The Kier molecular flexibility index (Phi) is 3.62. The highest BCUT2D eigenvalue weighted by Crippen LogP contribution is 2.26. The van der Waals surface area contributed by atoms with Crippen LogP contribution in [0.4, 0.5) is 0 Å². The monoisotopic (exact) mass is 326 g/mol. The Hall–Kier alpha value is -1.64. The van der Waals surface area contributed by atoms with Crippen molar-refractivity contribution in [1.29, 1.82) is 0 Å². The highest BCUT2D eigenvalue weighted by molar-refractivity contribution is 7.89. The van der Waals surface area contributed by atoms with Crippen molar-refractivity contribution < 1.29 is 17.6 Å². The number of benzene rings is 1. The molecule has 8 heteroatoms. The fourth-order valence-electron chi connectivity index (χ4n) is 2.83. The molecule has 0 aliphatic carbocycles. The normalized spacial score (nSPS) is 24.0. The van der Waals surface area contributed by atoms with Gasteiger partial charge in [-0.3, -0.25) is 4.98 Å². The molecule has 3 rings (SSSR count). The Balaban J connectivity index is 2.08. The Morgan fingerprint density at radius 3 is 2.50 bits per heavy atom. The van der Waals surface area contributed by atoms with Gasteiger partial charge in [-0.1, -0.05) is 0 Å². The van der Waals surface area contributed by atoms with Gasteiger partial charge in [0.2, 0.25) is 10.0 Å². The quantitative estimate of drug-likeness (QED) is 0.896. The molecule has 0 spiro atoms. The Morgan fingerprint density at radius 1 is 1.23 bits per heavy atom. The van der Waals surface area contributed by atoms with E-state index >= 15 is 0 Å². The van der Waals surface area contributed by atoms with Crippen molar-refractivity contribution in [2.24, 2.45) is 0 Å². The molecule has 7 nitrogen and oxygen atoms in total. The van der Waals surface area contributed by atoms with E-state index in [4.69, 9.17) is 9.15 Å². The van der Waals surface area contributed by atoms with Crippen molar-refractivity contribution in [1.82, 2.24) is 9.29 Å². The number of nitrogens with zero attached hydrogens (tertiary/aromatic N) is 1. The summed E-state index contributed by atoms with van der Waals surface area (Å²) in [5.41, 5.74) is 1.30. The number of sulfonamides is 1. The van der Waals surface area contributed by atoms with Crippen LogP contribution < -0.4 is 5.76 Å². The van der Waals surface area contributed by atoms with Crippen LogP contribution in [0.25, 0.3) is 11.1 Å². The molecular formula is C14H18N2O5S. The summed E-state index contributed by atoms with van der Waals surface area (Å²) in [5, 5.41) is 0. The number of nitrogens with one attached hydrogen (secondary N) is 1. The number of H-pyrrole nitrogens is 1. The van der Waals surface area contributed by atoms with Crippen molar-refractivity contribution in [3.8, 4) is 0 Å². The number of morpholine rings is 1. The molecule has 1 N–H and O–H groups in total. The van der Waals surface area contributed by atoms with Gasteiger partial charge < -0.3 is 9.15 Å². The first-order valence-corrected chi connectivity index (χ1v) is 8.50. The van der Waals surface area contributed by atoms with E-state index in [1.54, 1.807) is 13.0 Å². The smallest absolute Gasteiger partial charge is 0.408 e. The fourth-order valence-corrected chi connectivity index (χ4v) is 4.64. The van der Waals surface area contributed by atoms with Gasteiger partial charge >= 0.3 is 5.76 Å². The van der Waals surface area contributed by atoms with E-state index in [0.717, 1.165) is 0 Å². The number of aryl methyl sites for hydroxylation is 1. The molecule has 2 heterocycles. The van der Waals surface area contributed by atoms with Crippen LogP contribution in [0.1, 0.15) is 19.4 Å². The number of rotatable bonds is 2. The van der Waals surface area contributed by atoms with E-state index < -0.39 is 15.8 Å². The Morgan fingerprint density at radius 2 is 1.86 bits per heavy atom. The third kappa shape index (κ3) is 2.57. The maximum atomic E-state index is 12.9.